The minimum atomic E-state index is -0.176. The van der Waals surface area contributed by atoms with Crippen molar-refractivity contribution in [3.05, 3.63) is 11.6 Å². The van der Waals surface area contributed by atoms with Crippen molar-refractivity contribution in [2.24, 2.45) is 0 Å². The maximum absolute atomic E-state index is 11.5. The van der Waals surface area contributed by atoms with Gasteiger partial charge in [0, 0.05) is 32.7 Å². The van der Waals surface area contributed by atoms with E-state index in [1.54, 1.807) is 4.90 Å². The van der Waals surface area contributed by atoms with Crippen molar-refractivity contribution in [2.75, 3.05) is 39.3 Å². The Morgan fingerprint density at radius 1 is 1.31 bits per heavy atom. The van der Waals surface area contributed by atoms with E-state index in [1.165, 1.54) is 5.57 Å². The molecule has 1 heterocycles. The first-order valence-corrected chi connectivity index (χ1v) is 5.93. The van der Waals surface area contributed by atoms with E-state index in [0.717, 1.165) is 32.7 Å². The summed E-state index contributed by atoms with van der Waals surface area (Å²) in [6.07, 6.45) is 1.96. The number of hydrogen-bond acceptors (Lipinski definition) is 3. The number of amides is 1. The molecule has 92 valence electrons. The molecule has 4 heteroatoms. The lowest BCUT2D eigenvalue weighted by Crippen LogP contribution is -2.49. The highest BCUT2D eigenvalue weighted by Crippen LogP contribution is 2.06. The Hall–Kier alpha value is -1.03. The molecule has 0 N–H and O–H groups in total. The lowest BCUT2D eigenvalue weighted by atomic mass is 10.2. The number of hydrogen-bond donors (Lipinski definition) is 0. The third-order valence-electron chi connectivity index (χ3n) is 2.86. The van der Waals surface area contributed by atoms with Gasteiger partial charge in [0.15, 0.2) is 0 Å². The van der Waals surface area contributed by atoms with Crippen LogP contribution < -0.4 is 0 Å². The molecule has 0 unspecified atom stereocenters. The van der Waals surface area contributed by atoms with Crippen molar-refractivity contribution in [1.82, 2.24) is 9.80 Å². The fourth-order valence-electron chi connectivity index (χ4n) is 1.75. The Bertz CT molecular complexity index is 256. The number of ether oxygens (including phenoxy) is 1. The molecule has 1 aliphatic heterocycles. The maximum Gasteiger partial charge on any atom is 0.409 e. The van der Waals surface area contributed by atoms with Crippen LogP contribution in [0.5, 0.6) is 0 Å². The van der Waals surface area contributed by atoms with E-state index in [-0.39, 0.29) is 6.09 Å². The zero-order valence-electron chi connectivity index (χ0n) is 10.5. The van der Waals surface area contributed by atoms with Crippen LogP contribution in [-0.4, -0.2) is 55.2 Å². The van der Waals surface area contributed by atoms with Crippen LogP contribution in [0, 0.1) is 0 Å². The van der Waals surface area contributed by atoms with Crippen LogP contribution in [0.4, 0.5) is 4.79 Å². The monoisotopic (exact) mass is 226 g/mol. The Morgan fingerprint density at radius 3 is 2.44 bits per heavy atom. The second-order valence-electron chi connectivity index (χ2n) is 4.10. The summed E-state index contributed by atoms with van der Waals surface area (Å²) in [6, 6.07) is 0. The summed E-state index contributed by atoms with van der Waals surface area (Å²) in [6.45, 7) is 10.9. The fourth-order valence-corrected chi connectivity index (χ4v) is 1.75. The number of nitrogens with zero attached hydrogens (tertiary/aromatic N) is 2. The number of rotatable bonds is 3. The van der Waals surface area contributed by atoms with Crippen LogP contribution >= 0.6 is 0 Å². The maximum atomic E-state index is 11.5. The molecule has 4 nitrogen and oxygen atoms in total. The number of piperazine rings is 1. The van der Waals surface area contributed by atoms with Gasteiger partial charge in [0.25, 0.3) is 0 Å². The first-order valence-electron chi connectivity index (χ1n) is 5.93. The van der Waals surface area contributed by atoms with Crippen molar-refractivity contribution in [3.8, 4) is 0 Å². The highest BCUT2D eigenvalue weighted by molar-refractivity contribution is 5.67. The van der Waals surface area contributed by atoms with Gasteiger partial charge in [-0.1, -0.05) is 11.6 Å². The quantitative estimate of drug-likeness (QED) is 0.687. The van der Waals surface area contributed by atoms with Crippen molar-refractivity contribution >= 4 is 6.09 Å². The zero-order chi connectivity index (χ0) is 12.0. The summed E-state index contributed by atoms with van der Waals surface area (Å²) in [5, 5.41) is 0. The van der Waals surface area contributed by atoms with E-state index in [2.05, 4.69) is 24.8 Å². The molecule has 1 rings (SSSR count). The SMILES string of the molecule is CC=C(C)CN1CCN(C(=O)OCC)CC1. The first-order chi connectivity index (χ1) is 7.67. The summed E-state index contributed by atoms with van der Waals surface area (Å²) in [4.78, 5) is 15.6. The van der Waals surface area contributed by atoms with Crippen LogP contribution in [0.3, 0.4) is 0 Å². The van der Waals surface area contributed by atoms with Crippen molar-refractivity contribution < 1.29 is 9.53 Å². The summed E-state index contributed by atoms with van der Waals surface area (Å²) < 4.78 is 4.98. The standard InChI is InChI=1S/C12H22N2O2/c1-4-11(3)10-13-6-8-14(9-7-13)12(15)16-5-2/h4H,5-10H2,1-3H3. The van der Waals surface area contributed by atoms with E-state index >= 15 is 0 Å². The van der Waals surface area contributed by atoms with Gasteiger partial charge in [-0.05, 0) is 20.8 Å². The van der Waals surface area contributed by atoms with E-state index in [9.17, 15) is 4.79 Å². The van der Waals surface area contributed by atoms with E-state index in [0.29, 0.717) is 6.61 Å². The molecule has 0 bridgehead atoms. The molecule has 0 atom stereocenters. The highest BCUT2D eigenvalue weighted by atomic mass is 16.6. The highest BCUT2D eigenvalue weighted by Gasteiger charge is 2.21. The molecule has 0 aromatic carbocycles. The molecule has 16 heavy (non-hydrogen) atoms. The minimum absolute atomic E-state index is 0.176. The van der Waals surface area contributed by atoms with E-state index in [1.807, 2.05) is 6.92 Å². The molecular formula is C12H22N2O2. The Kier molecular flexibility index (Phi) is 5.32. The van der Waals surface area contributed by atoms with Gasteiger partial charge in [-0.25, -0.2) is 4.79 Å². The van der Waals surface area contributed by atoms with Gasteiger partial charge in [-0.15, -0.1) is 0 Å². The zero-order valence-corrected chi connectivity index (χ0v) is 10.5. The van der Waals surface area contributed by atoms with E-state index in [4.69, 9.17) is 4.74 Å². The topological polar surface area (TPSA) is 32.8 Å². The van der Waals surface area contributed by atoms with Gasteiger partial charge in [-0.3, -0.25) is 4.90 Å². The normalized spacial score (nSPS) is 18.7. The van der Waals surface area contributed by atoms with Crippen molar-refractivity contribution in [1.29, 1.82) is 0 Å². The molecule has 1 aliphatic rings. The lowest BCUT2D eigenvalue weighted by molar-refractivity contribution is 0.0819. The Balaban J connectivity index is 2.31. The van der Waals surface area contributed by atoms with Gasteiger partial charge in [-0.2, -0.15) is 0 Å². The number of allylic oxidation sites excluding steroid dienone is 1. The predicted molar refractivity (Wildman–Crippen MR) is 64.5 cm³/mol. The van der Waals surface area contributed by atoms with E-state index < -0.39 is 0 Å². The second kappa shape index (κ2) is 6.53. The average Bonchev–Trinajstić information content (AvgIpc) is 2.30. The second-order valence-corrected chi connectivity index (χ2v) is 4.10. The lowest BCUT2D eigenvalue weighted by Gasteiger charge is -2.34. The molecular weight excluding hydrogens is 204 g/mol. The molecule has 1 amide bonds. The third kappa shape index (κ3) is 3.85. The number of carbonyl (C=O) groups excluding carboxylic acids is 1. The van der Waals surface area contributed by atoms with Gasteiger partial charge < -0.3 is 9.64 Å². The molecule has 0 aromatic rings. The summed E-state index contributed by atoms with van der Waals surface area (Å²) in [7, 11) is 0. The van der Waals surface area contributed by atoms with Gasteiger partial charge in [0.05, 0.1) is 6.61 Å². The van der Waals surface area contributed by atoms with Crippen LogP contribution in [0.1, 0.15) is 20.8 Å². The van der Waals surface area contributed by atoms with Crippen molar-refractivity contribution in [2.45, 2.75) is 20.8 Å². The molecule has 0 radical (unpaired) electrons. The smallest absolute Gasteiger partial charge is 0.409 e. The molecule has 1 fully saturated rings. The number of carbonyl (C=O) groups is 1. The molecule has 0 aliphatic carbocycles. The molecule has 0 aromatic heterocycles. The summed E-state index contributed by atoms with van der Waals surface area (Å²) >= 11 is 0. The van der Waals surface area contributed by atoms with Gasteiger partial charge in [0.2, 0.25) is 0 Å². The minimum Gasteiger partial charge on any atom is -0.450 e. The largest absolute Gasteiger partial charge is 0.450 e. The summed E-state index contributed by atoms with van der Waals surface area (Å²) in [5.74, 6) is 0. The average molecular weight is 226 g/mol. The van der Waals surface area contributed by atoms with Crippen LogP contribution in [0.15, 0.2) is 11.6 Å². The first kappa shape index (κ1) is 13.0. The van der Waals surface area contributed by atoms with Crippen LogP contribution in [0.2, 0.25) is 0 Å². The fraction of sp³-hybridized carbons (Fsp3) is 0.750. The Morgan fingerprint density at radius 2 is 1.94 bits per heavy atom. The molecule has 0 saturated carbocycles. The molecule has 0 spiro atoms. The van der Waals surface area contributed by atoms with Crippen LogP contribution in [-0.2, 0) is 4.74 Å². The van der Waals surface area contributed by atoms with Crippen molar-refractivity contribution in [3.63, 3.8) is 0 Å². The van der Waals surface area contributed by atoms with Gasteiger partial charge >= 0.3 is 6.09 Å². The Labute approximate surface area is 97.9 Å². The predicted octanol–water partition coefficient (Wildman–Crippen LogP) is 1.73. The van der Waals surface area contributed by atoms with Crippen LogP contribution in [0.25, 0.3) is 0 Å². The third-order valence-corrected chi connectivity index (χ3v) is 2.86. The molecule has 1 saturated heterocycles. The summed E-state index contributed by atoms with van der Waals surface area (Å²) in [5.41, 5.74) is 1.38. The van der Waals surface area contributed by atoms with Gasteiger partial charge in [0.1, 0.15) is 0 Å².